The molecule has 0 amide bonds. The lowest BCUT2D eigenvalue weighted by molar-refractivity contribution is -0.142. The zero-order valence-electron chi connectivity index (χ0n) is 7.97. The summed E-state index contributed by atoms with van der Waals surface area (Å²) in [5.41, 5.74) is 0. The summed E-state index contributed by atoms with van der Waals surface area (Å²) < 4.78 is 33.8. The van der Waals surface area contributed by atoms with Gasteiger partial charge in [-0.15, -0.1) is 0 Å². The molecule has 0 aromatic carbocycles. The Morgan fingerprint density at radius 2 is 2.21 bits per heavy atom. The number of carbonyl (C=O) groups excluding carboxylic acids is 1. The lowest BCUT2D eigenvalue weighted by Crippen LogP contribution is -2.14. The number of hydrogen-bond donors (Lipinski definition) is 1. The molecule has 0 bridgehead atoms. The van der Waals surface area contributed by atoms with E-state index in [1.54, 1.807) is 6.92 Å². The smallest absolute Gasteiger partial charge is 0.330 e. The molecule has 0 aromatic rings. The van der Waals surface area contributed by atoms with E-state index in [-0.39, 0.29) is 18.3 Å². The summed E-state index contributed by atoms with van der Waals surface area (Å²) >= 11 is 0. The third-order valence-electron chi connectivity index (χ3n) is 1.50. The van der Waals surface area contributed by atoms with Gasteiger partial charge in [-0.25, -0.2) is 4.79 Å². The number of esters is 1. The van der Waals surface area contributed by atoms with Crippen molar-refractivity contribution in [2.45, 2.75) is 25.9 Å². The van der Waals surface area contributed by atoms with Crippen LogP contribution in [0.25, 0.3) is 0 Å². The summed E-state index contributed by atoms with van der Waals surface area (Å²) in [6, 6.07) is 0. The Bertz CT molecular complexity index is 293. The number of ether oxygens (including phenoxy) is 1. The molecule has 14 heavy (non-hydrogen) atoms. The van der Waals surface area contributed by atoms with Crippen LogP contribution in [0.15, 0.2) is 12.7 Å². The highest BCUT2D eigenvalue weighted by Crippen LogP contribution is 2.03. The summed E-state index contributed by atoms with van der Waals surface area (Å²) in [5, 5.41) is 0. The van der Waals surface area contributed by atoms with Crippen LogP contribution in [0.3, 0.4) is 0 Å². The molecule has 0 aliphatic rings. The molecule has 0 saturated carbocycles. The van der Waals surface area contributed by atoms with E-state index < -0.39 is 16.1 Å². The second-order valence-electron chi connectivity index (χ2n) is 2.88. The monoisotopic (exact) mass is 222 g/mol. The maximum Gasteiger partial charge on any atom is 0.330 e. The van der Waals surface area contributed by atoms with E-state index in [1.807, 2.05) is 0 Å². The van der Waals surface area contributed by atoms with Crippen LogP contribution in [-0.2, 0) is 19.6 Å². The van der Waals surface area contributed by atoms with Crippen LogP contribution in [-0.4, -0.2) is 30.8 Å². The highest BCUT2D eigenvalue weighted by molar-refractivity contribution is 7.85. The van der Waals surface area contributed by atoms with Crippen LogP contribution in [0.2, 0.25) is 0 Å². The molecule has 1 N–H and O–H groups in total. The van der Waals surface area contributed by atoms with E-state index >= 15 is 0 Å². The second-order valence-corrected chi connectivity index (χ2v) is 4.45. The van der Waals surface area contributed by atoms with Gasteiger partial charge in [0.05, 0.1) is 11.9 Å². The third kappa shape index (κ3) is 7.75. The van der Waals surface area contributed by atoms with Crippen LogP contribution in [0.4, 0.5) is 0 Å². The van der Waals surface area contributed by atoms with E-state index in [2.05, 4.69) is 6.58 Å². The first-order valence-corrected chi connectivity index (χ1v) is 5.74. The quantitative estimate of drug-likeness (QED) is 0.408. The lowest BCUT2D eigenvalue weighted by Gasteiger charge is -2.10. The molecule has 0 fully saturated rings. The molecule has 0 aliphatic carbocycles. The summed E-state index contributed by atoms with van der Waals surface area (Å²) in [7, 11) is -3.91. The third-order valence-corrected chi connectivity index (χ3v) is 2.30. The van der Waals surface area contributed by atoms with Gasteiger partial charge in [-0.05, 0) is 19.8 Å². The standard InChI is InChI=1S/C8H14O5S/c1-3-8(9)13-7(2)5-4-6-14(10,11)12/h3,7H,1,4-6H2,2H3,(H,10,11,12). The second kappa shape index (κ2) is 5.77. The number of rotatable bonds is 6. The predicted octanol–water partition coefficient (Wildman–Crippen LogP) is 0.772. The molecular formula is C8H14O5S. The predicted molar refractivity (Wildman–Crippen MR) is 51.4 cm³/mol. The molecule has 0 rings (SSSR count). The van der Waals surface area contributed by atoms with Crippen LogP contribution in [0, 0.1) is 0 Å². The fourth-order valence-corrected chi connectivity index (χ4v) is 1.39. The van der Waals surface area contributed by atoms with Gasteiger partial charge in [-0.1, -0.05) is 6.58 Å². The molecule has 0 radical (unpaired) electrons. The Morgan fingerprint density at radius 1 is 1.64 bits per heavy atom. The minimum absolute atomic E-state index is 0.254. The van der Waals surface area contributed by atoms with Crippen molar-refractivity contribution in [3.8, 4) is 0 Å². The van der Waals surface area contributed by atoms with Crippen molar-refractivity contribution < 1.29 is 22.5 Å². The van der Waals surface area contributed by atoms with Crippen molar-refractivity contribution in [2.24, 2.45) is 0 Å². The van der Waals surface area contributed by atoms with Gasteiger partial charge in [0.1, 0.15) is 0 Å². The molecule has 1 atom stereocenters. The van der Waals surface area contributed by atoms with E-state index in [1.165, 1.54) is 0 Å². The topological polar surface area (TPSA) is 80.7 Å². The lowest BCUT2D eigenvalue weighted by atomic mass is 10.2. The minimum Gasteiger partial charge on any atom is -0.460 e. The molecule has 0 aliphatic heterocycles. The number of hydrogen-bond acceptors (Lipinski definition) is 4. The highest BCUT2D eigenvalue weighted by atomic mass is 32.2. The first kappa shape index (κ1) is 13.1. The Kier molecular flexibility index (Phi) is 5.40. The normalized spacial score (nSPS) is 13.3. The van der Waals surface area contributed by atoms with Gasteiger partial charge in [0.15, 0.2) is 0 Å². The SMILES string of the molecule is C=CC(=O)OC(C)CCCS(=O)(=O)O. The Morgan fingerprint density at radius 3 is 2.64 bits per heavy atom. The molecule has 82 valence electrons. The summed E-state index contributed by atoms with van der Waals surface area (Å²) in [4.78, 5) is 10.7. The van der Waals surface area contributed by atoms with E-state index in [0.717, 1.165) is 6.08 Å². The largest absolute Gasteiger partial charge is 0.460 e. The molecule has 5 nitrogen and oxygen atoms in total. The van der Waals surface area contributed by atoms with Crippen molar-refractivity contribution in [1.29, 1.82) is 0 Å². The van der Waals surface area contributed by atoms with Gasteiger partial charge >= 0.3 is 5.97 Å². The molecule has 0 aromatic heterocycles. The van der Waals surface area contributed by atoms with Gasteiger partial charge in [0.2, 0.25) is 0 Å². The summed E-state index contributed by atoms with van der Waals surface area (Å²) in [6.07, 6.45) is 1.31. The van der Waals surface area contributed by atoms with Gasteiger partial charge in [-0.3, -0.25) is 4.55 Å². The Labute approximate surface area is 83.5 Å². The molecule has 0 saturated heterocycles. The van der Waals surface area contributed by atoms with E-state index in [9.17, 15) is 13.2 Å². The maximum atomic E-state index is 10.7. The minimum atomic E-state index is -3.91. The fraction of sp³-hybridized carbons (Fsp3) is 0.625. The van der Waals surface area contributed by atoms with Crippen molar-refractivity contribution in [2.75, 3.05) is 5.75 Å². The molecule has 0 spiro atoms. The van der Waals surface area contributed by atoms with Crippen LogP contribution < -0.4 is 0 Å². The zero-order chi connectivity index (χ0) is 11.2. The van der Waals surface area contributed by atoms with E-state index in [4.69, 9.17) is 9.29 Å². The van der Waals surface area contributed by atoms with Crippen LogP contribution in [0.5, 0.6) is 0 Å². The van der Waals surface area contributed by atoms with Crippen LogP contribution >= 0.6 is 0 Å². The van der Waals surface area contributed by atoms with Crippen molar-refractivity contribution in [3.05, 3.63) is 12.7 Å². The van der Waals surface area contributed by atoms with Crippen LogP contribution in [0.1, 0.15) is 19.8 Å². The fourth-order valence-electron chi connectivity index (χ4n) is 0.859. The first-order valence-electron chi connectivity index (χ1n) is 4.13. The first-order chi connectivity index (χ1) is 6.35. The Balaban J connectivity index is 3.70. The summed E-state index contributed by atoms with van der Waals surface area (Å²) in [5.74, 6) is -0.854. The Hall–Kier alpha value is -0.880. The van der Waals surface area contributed by atoms with Crippen molar-refractivity contribution in [1.82, 2.24) is 0 Å². The van der Waals surface area contributed by atoms with Crippen molar-refractivity contribution in [3.63, 3.8) is 0 Å². The average Bonchev–Trinajstić information content (AvgIpc) is 2.01. The maximum absolute atomic E-state index is 10.7. The van der Waals surface area contributed by atoms with Gasteiger partial charge in [0.25, 0.3) is 10.1 Å². The highest BCUT2D eigenvalue weighted by Gasteiger charge is 2.09. The molecule has 0 heterocycles. The van der Waals surface area contributed by atoms with Gasteiger partial charge < -0.3 is 4.74 Å². The molecule has 1 unspecified atom stereocenters. The van der Waals surface area contributed by atoms with Gasteiger partial charge in [-0.2, -0.15) is 8.42 Å². The van der Waals surface area contributed by atoms with Gasteiger partial charge in [0, 0.05) is 6.08 Å². The molecular weight excluding hydrogens is 208 g/mol. The zero-order valence-corrected chi connectivity index (χ0v) is 8.79. The van der Waals surface area contributed by atoms with E-state index in [0.29, 0.717) is 6.42 Å². The summed E-state index contributed by atoms with van der Waals surface area (Å²) in [6.45, 7) is 4.87. The number of carbonyl (C=O) groups is 1. The molecule has 6 heteroatoms. The average molecular weight is 222 g/mol. The van der Waals surface area contributed by atoms with Crippen molar-refractivity contribution >= 4 is 16.1 Å².